The summed E-state index contributed by atoms with van der Waals surface area (Å²) < 4.78 is 12.6. The van der Waals surface area contributed by atoms with Crippen LogP contribution in [0.3, 0.4) is 0 Å². The Bertz CT molecular complexity index is 1130. The average molecular weight is 389 g/mol. The van der Waals surface area contributed by atoms with Gasteiger partial charge in [0.15, 0.2) is 0 Å². The lowest BCUT2D eigenvalue weighted by Gasteiger charge is -2.23. The Morgan fingerprint density at radius 3 is 2.31 bits per heavy atom. The number of aromatic nitrogens is 4. The van der Waals surface area contributed by atoms with Gasteiger partial charge < -0.3 is 14.4 Å². The maximum absolute atomic E-state index is 5.42. The molecule has 0 bridgehead atoms. The molecule has 148 valence electrons. The quantitative estimate of drug-likeness (QED) is 0.492. The first-order valence-electron chi connectivity index (χ1n) is 9.37. The van der Waals surface area contributed by atoms with Gasteiger partial charge in [-0.1, -0.05) is 0 Å². The van der Waals surface area contributed by atoms with E-state index in [1.54, 1.807) is 18.9 Å². The summed E-state index contributed by atoms with van der Waals surface area (Å²) in [4.78, 5) is 11.6. The van der Waals surface area contributed by atoms with Crippen LogP contribution in [0, 0.1) is 0 Å². The molecule has 3 heterocycles. The SMILES string of the molecule is CCN(c1cc(OC)cc(OC)c1)c1ccc2ncc(-c3cnn(C)c3)cc2n1. The van der Waals surface area contributed by atoms with E-state index in [0.29, 0.717) is 0 Å². The smallest absolute Gasteiger partial charge is 0.133 e. The highest BCUT2D eigenvalue weighted by Crippen LogP contribution is 2.33. The van der Waals surface area contributed by atoms with Crippen LogP contribution in [0.5, 0.6) is 11.5 Å². The van der Waals surface area contributed by atoms with Gasteiger partial charge in [0, 0.05) is 61.0 Å². The normalized spacial score (nSPS) is 10.9. The summed E-state index contributed by atoms with van der Waals surface area (Å²) in [6, 6.07) is 11.8. The molecule has 0 saturated carbocycles. The maximum atomic E-state index is 5.42. The van der Waals surface area contributed by atoms with E-state index in [4.69, 9.17) is 14.5 Å². The summed E-state index contributed by atoms with van der Waals surface area (Å²) in [5.41, 5.74) is 4.63. The highest BCUT2D eigenvalue weighted by Gasteiger charge is 2.13. The van der Waals surface area contributed by atoms with E-state index in [9.17, 15) is 0 Å². The molecule has 0 atom stereocenters. The van der Waals surface area contributed by atoms with E-state index in [2.05, 4.69) is 21.9 Å². The molecule has 29 heavy (non-hydrogen) atoms. The number of hydrogen-bond donors (Lipinski definition) is 0. The Morgan fingerprint density at radius 2 is 1.69 bits per heavy atom. The average Bonchev–Trinajstić information content (AvgIpc) is 3.19. The number of aryl methyl sites for hydroxylation is 1. The number of rotatable bonds is 6. The van der Waals surface area contributed by atoms with Crippen LogP contribution in [0.4, 0.5) is 11.5 Å². The van der Waals surface area contributed by atoms with E-state index < -0.39 is 0 Å². The van der Waals surface area contributed by atoms with Gasteiger partial charge in [0.2, 0.25) is 0 Å². The van der Waals surface area contributed by atoms with Crippen LogP contribution < -0.4 is 14.4 Å². The molecular formula is C22H23N5O2. The monoisotopic (exact) mass is 389 g/mol. The van der Waals surface area contributed by atoms with E-state index in [-0.39, 0.29) is 0 Å². The molecule has 3 aromatic heterocycles. The lowest BCUT2D eigenvalue weighted by atomic mass is 10.1. The molecule has 0 N–H and O–H groups in total. The van der Waals surface area contributed by atoms with E-state index in [1.807, 2.05) is 62.0 Å². The number of ether oxygens (including phenoxy) is 2. The molecule has 7 heteroatoms. The molecule has 0 aliphatic carbocycles. The number of anilines is 2. The van der Waals surface area contributed by atoms with Crippen molar-refractivity contribution in [3.63, 3.8) is 0 Å². The van der Waals surface area contributed by atoms with Crippen molar-refractivity contribution in [3.05, 3.63) is 55.0 Å². The Morgan fingerprint density at radius 1 is 0.931 bits per heavy atom. The van der Waals surface area contributed by atoms with Crippen LogP contribution in [0.15, 0.2) is 55.0 Å². The second kappa shape index (κ2) is 7.79. The Kier molecular flexibility index (Phi) is 5.03. The van der Waals surface area contributed by atoms with Crippen LogP contribution in [0.25, 0.3) is 22.2 Å². The van der Waals surface area contributed by atoms with Crippen molar-refractivity contribution in [2.24, 2.45) is 7.05 Å². The highest BCUT2D eigenvalue weighted by atomic mass is 16.5. The molecule has 0 aliphatic rings. The number of fused-ring (bicyclic) bond motifs is 1. The van der Waals surface area contributed by atoms with E-state index >= 15 is 0 Å². The molecule has 0 fully saturated rings. The second-order valence-electron chi connectivity index (χ2n) is 6.65. The second-order valence-corrected chi connectivity index (χ2v) is 6.65. The van der Waals surface area contributed by atoms with Crippen molar-refractivity contribution < 1.29 is 9.47 Å². The fourth-order valence-corrected chi connectivity index (χ4v) is 3.30. The third-order valence-electron chi connectivity index (χ3n) is 4.80. The van der Waals surface area contributed by atoms with Gasteiger partial charge in [-0.2, -0.15) is 5.10 Å². The molecule has 0 spiro atoms. The lowest BCUT2D eigenvalue weighted by Crippen LogP contribution is -2.17. The third-order valence-corrected chi connectivity index (χ3v) is 4.80. The van der Waals surface area contributed by atoms with Gasteiger partial charge in [0.1, 0.15) is 17.3 Å². The van der Waals surface area contributed by atoms with Gasteiger partial charge in [-0.25, -0.2) is 4.98 Å². The lowest BCUT2D eigenvalue weighted by molar-refractivity contribution is 0.394. The minimum absolute atomic E-state index is 0.735. The van der Waals surface area contributed by atoms with Crippen LogP contribution in [0.1, 0.15) is 6.92 Å². The van der Waals surface area contributed by atoms with Crippen molar-refractivity contribution in [1.29, 1.82) is 0 Å². The van der Waals surface area contributed by atoms with Crippen LogP contribution in [-0.4, -0.2) is 40.5 Å². The Labute approximate surface area is 169 Å². The zero-order valence-electron chi connectivity index (χ0n) is 17.0. The first kappa shape index (κ1) is 18.7. The van der Waals surface area contributed by atoms with Gasteiger partial charge >= 0.3 is 0 Å². The highest BCUT2D eigenvalue weighted by molar-refractivity contribution is 5.82. The summed E-state index contributed by atoms with van der Waals surface area (Å²) in [5, 5.41) is 4.24. The Balaban J connectivity index is 1.77. The summed E-state index contributed by atoms with van der Waals surface area (Å²) in [7, 11) is 5.19. The van der Waals surface area contributed by atoms with Crippen molar-refractivity contribution in [2.45, 2.75) is 6.92 Å². The fourth-order valence-electron chi connectivity index (χ4n) is 3.30. The van der Waals surface area contributed by atoms with Crippen molar-refractivity contribution in [3.8, 4) is 22.6 Å². The van der Waals surface area contributed by atoms with E-state index in [0.717, 1.165) is 51.7 Å². The van der Waals surface area contributed by atoms with Crippen LogP contribution >= 0.6 is 0 Å². The summed E-state index contributed by atoms with van der Waals surface area (Å²) in [6.07, 6.45) is 5.65. The first-order chi connectivity index (χ1) is 14.1. The molecule has 0 radical (unpaired) electrons. The molecule has 0 amide bonds. The van der Waals surface area contributed by atoms with E-state index in [1.165, 1.54) is 0 Å². The molecule has 0 aliphatic heterocycles. The van der Waals surface area contributed by atoms with Gasteiger partial charge in [-0.3, -0.25) is 9.67 Å². The van der Waals surface area contributed by atoms with Crippen molar-refractivity contribution in [2.75, 3.05) is 25.7 Å². The molecule has 4 rings (SSSR count). The third kappa shape index (κ3) is 3.71. The molecule has 0 saturated heterocycles. The zero-order valence-corrected chi connectivity index (χ0v) is 17.0. The van der Waals surface area contributed by atoms with Gasteiger partial charge in [0.05, 0.1) is 31.4 Å². The fraction of sp³-hybridized carbons (Fsp3) is 0.227. The van der Waals surface area contributed by atoms with Gasteiger partial charge in [-0.15, -0.1) is 0 Å². The summed E-state index contributed by atoms with van der Waals surface area (Å²) >= 11 is 0. The van der Waals surface area contributed by atoms with Crippen LogP contribution in [-0.2, 0) is 7.05 Å². The minimum atomic E-state index is 0.735. The molecule has 0 unspecified atom stereocenters. The standard InChI is InChI=1S/C22H23N5O2/c1-5-27(17-9-18(28-3)11-19(10-17)29-4)22-7-6-20-21(25-22)8-15(12-23-20)16-13-24-26(2)14-16/h6-14H,5H2,1-4H3. The Hall–Kier alpha value is -3.61. The minimum Gasteiger partial charge on any atom is -0.497 e. The first-order valence-corrected chi connectivity index (χ1v) is 9.37. The number of nitrogens with zero attached hydrogens (tertiary/aromatic N) is 5. The molecular weight excluding hydrogens is 366 g/mol. The summed E-state index contributed by atoms with van der Waals surface area (Å²) in [6.45, 7) is 2.83. The van der Waals surface area contributed by atoms with Crippen LogP contribution in [0.2, 0.25) is 0 Å². The molecule has 4 aromatic rings. The van der Waals surface area contributed by atoms with Gasteiger partial charge in [-0.05, 0) is 25.1 Å². The number of pyridine rings is 2. The molecule has 1 aromatic carbocycles. The maximum Gasteiger partial charge on any atom is 0.133 e. The predicted octanol–water partition coefficient (Wildman–Crippen LogP) is 4.21. The number of hydrogen-bond acceptors (Lipinski definition) is 6. The van der Waals surface area contributed by atoms with Gasteiger partial charge in [0.25, 0.3) is 0 Å². The van der Waals surface area contributed by atoms with Crippen molar-refractivity contribution in [1.82, 2.24) is 19.7 Å². The largest absolute Gasteiger partial charge is 0.497 e. The topological polar surface area (TPSA) is 65.3 Å². The van der Waals surface area contributed by atoms with Crippen molar-refractivity contribution >= 4 is 22.5 Å². The zero-order chi connectivity index (χ0) is 20.4. The number of benzene rings is 1. The predicted molar refractivity (Wildman–Crippen MR) is 114 cm³/mol. The summed E-state index contributed by atoms with van der Waals surface area (Å²) in [5.74, 6) is 2.30. The molecule has 7 nitrogen and oxygen atoms in total. The number of methoxy groups -OCH3 is 2.